The second-order valence-electron chi connectivity index (χ2n) is 12.9. The minimum absolute atomic E-state index is 0.108. The highest BCUT2D eigenvalue weighted by Crippen LogP contribution is 2.15. The van der Waals surface area contributed by atoms with Gasteiger partial charge in [0.05, 0.1) is 0 Å². The van der Waals surface area contributed by atoms with Crippen LogP contribution in [-0.4, -0.2) is 49.3 Å². The van der Waals surface area contributed by atoms with Crippen molar-refractivity contribution in [2.75, 3.05) is 33.3 Å². The normalized spacial score (nSPS) is 12.7. The van der Waals surface area contributed by atoms with Crippen LogP contribution in [0.1, 0.15) is 194 Å². The Labute approximate surface area is 253 Å². The molecular weight excluding hydrogens is 492 g/mol. The van der Waals surface area contributed by atoms with E-state index in [1.165, 1.54) is 166 Å². The van der Waals surface area contributed by atoms with Crippen LogP contribution in [0.5, 0.6) is 0 Å². The van der Waals surface area contributed by atoms with Crippen LogP contribution in [0.15, 0.2) is 0 Å². The number of unbranched alkanes of at least 4 members (excludes halogenated alkanes) is 24. The molecule has 0 spiro atoms. The van der Waals surface area contributed by atoms with E-state index < -0.39 is 0 Å². The lowest BCUT2D eigenvalue weighted by atomic mass is 10.0. The van der Waals surface area contributed by atoms with Crippen LogP contribution in [0, 0.1) is 5.21 Å². The molecule has 1 unspecified atom stereocenters. The summed E-state index contributed by atoms with van der Waals surface area (Å²) in [5, 5.41) is 23.9. The lowest BCUT2D eigenvalue weighted by Gasteiger charge is -2.28. The highest BCUT2D eigenvalue weighted by molar-refractivity contribution is 4.65. The van der Waals surface area contributed by atoms with E-state index in [9.17, 15) is 10.3 Å². The summed E-state index contributed by atoms with van der Waals surface area (Å²) < 4.78 is 0. The molecule has 0 bridgehead atoms. The first-order chi connectivity index (χ1) is 19.6. The Morgan fingerprint density at radius 3 is 1.18 bits per heavy atom. The van der Waals surface area contributed by atoms with E-state index in [-0.39, 0.29) is 6.61 Å². The second kappa shape index (κ2) is 33.3. The molecular formula is C36H74N2O2-2. The van der Waals surface area contributed by atoms with Crippen LogP contribution in [0.2, 0.25) is 0 Å². The Morgan fingerprint density at radius 2 is 0.775 bits per heavy atom. The summed E-state index contributed by atoms with van der Waals surface area (Å²) in [6.07, 6.45) is 36.5. The standard InChI is InChI=1S/C36H74N2O2/c1-4-5-6-7-8-9-10-14-17-20-23-28-33-38(40)34-29-25-26-31-36(2)37(3)32-27-22-19-16-13-11-12-15-18-21-24-30-35-39/h36H,4-35H2,1-3H3/q-2. The summed E-state index contributed by atoms with van der Waals surface area (Å²) in [4.78, 5) is 2.54. The number of rotatable bonds is 34. The highest BCUT2D eigenvalue weighted by atomic mass is 16.5. The van der Waals surface area contributed by atoms with Gasteiger partial charge in [-0.15, -0.1) is 6.61 Å². The molecule has 0 aliphatic heterocycles. The third-order valence-electron chi connectivity index (χ3n) is 8.95. The lowest BCUT2D eigenvalue weighted by molar-refractivity contribution is -0.368. The van der Waals surface area contributed by atoms with Gasteiger partial charge in [0.2, 0.25) is 0 Å². The SMILES string of the molecule is CCCCCCCCCCCCCCN([O-])CCCCCC(C)N(C)CCCCCCCCCCCCCC[O-]. The van der Waals surface area contributed by atoms with Gasteiger partial charge in [-0.1, -0.05) is 161 Å². The van der Waals surface area contributed by atoms with Gasteiger partial charge >= 0.3 is 0 Å². The molecule has 0 heterocycles. The van der Waals surface area contributed by atoms with Crippen molar-refractivity contribution in [1.29, 1.82) is 0 Å². The first kappa shape index (κ1) is 39.8. The van der Waals surface area contributed by atoms with E-state index in [1.54, 1.807) is 0 Å². The lowest BCUT2D eigenvalue weighted by Crippen LogP contribution is -2.30. The van der Waals surface area contributed by atoms with Gasteiger partial charge in [0.1, 0.15) is 0 Å². The summed E-state index contributed by atoms with van der Waals surface area (Å²) in [5.74, 6) is 0. The van der Waals surface area contributed by atoms with Gasteiger partial charge in [0.15, 0.2) is 0 Å². The molecule has 242 valence electrons. The van der Waals surface area contributed by atoms with Crippen molar-refractivity contribution in [1.82, 2.24) is 9.96 Å². The van der Waals surface area contributed by atoms with E-state index in [0.29, 0.717) is 6.04 Å². The van der Waals surface area contributed by atoms with Gasteiger partial charge in [0, 0.05) is 6.04 Å². The molecule has 0 saturated heterocycles. The zero-order valence-electron chi connectivity index (χ0n) is 27.9. The zero-order valence-corrected chi connectivity index (χ0v) is 27.9. The molecule has 1 atom stereocenters. The molecule has 0 aromatic rings. The summed E-state index contributed by atoms with van der Waals surface area (Å²) >= 11 is 0. The van der Waals surface area contributed by atoms with Gasteiger partial charge in [-0.2, -0.15) is 0 Å². The van der Waals surface area contributed by atoms with E-state index in [0.717, 1.165) is 38.8 Å². The van der Waals surface area contributed by atoms with Crippen molar-refractivity contribution < 1.29 is 5.11 Å². The maximum Gasteiger partial charge on any atom is 0.00638 e. The quantitative estimate of drug-likeness (QED) is 0.0574. The van der Waals surface area contributed by atoms with Gasteiger partial charge in [0.25, 0.3) is 0 Å². The van der Waals surface area contributed by atoms with Gasteiger partial charge in [-0.05, 0) is 59.3 Å². The average molecular weight is 567 g/mol. The largest absolute Gasteiger partial charge is 0.854 e. The van der Waals surface area contributed by atoms with Crippen molar-refractivity contribution in [2.24, 2.45) is 0 Å². The van der Waals surface area contributed by atoms with Crippen molar-refractivity contribution in [2.45, 2.75) is 200 Å². The van der Waals surface area contributed by atoms with Crippen molar-refractivity contribution in [3.63, 3.8) is 0 Å². The van der Waals surface area contributed by atoms with Crippen LogP contribution < -0.4 is 5.11 Å². The number of hydroxylamine groups is 2. The molecule has 0 saturated carbocycles. The van der Waals surface area contributed by atoms with Crippen LogP contribution in [0.25, 0.3) is 0 Å². The fraction of sp³-hybridized carbons (Fsp3) is 1.00. The molecule has 0 aliphatic carbocycles. The zero-order chi connectivity index (χ0) is 29.4. The molecule has 4 heteroatoms. The van der Waals surface area contributed by atoms with Crippen LogP contribution in [0.3, 0.4) is 0 Å². The Bertz CT molecular complexity index is 462. The average Bonchev–Trinajstić information content (AvgIpc) is 2.95. The minimum atomic E-state index is 0.108. The molecule has 40 heavy (non-hydrogen) atoms. The van der Waals surface area contributed by atoms with E-state index in [2.05, 4.69) is 25.8 Å². The first-order valence-electron chi connectivity index (χ1n) is 18.3. The van der Waals surface area contributed by atoms with Gasteiger partial charge < -0.3 is 20.3 Å². The smallest absolute Gasteiger partial charge is 0.00638 e. The van der Waals surface area contributed by atoms with Crippen LogP contribution in [0.4, 0.5) is 0 Å². The number of hydrogen-bond acceptors (Lipinski definition) is 4. The third-order valence-corrected chi connectivity index (χ3v) is 8.95. The molecule has 0 rings (SSSR count). The fourth-order valence-electron chi connectivity index (χ4n) is 5.82. The maximum absolute atomic E-state index is 12.1. The fourth-order valence-corrected chi connectivity index (χ4v) is 5.82. The van der Waals surface area contributed by atoms with Gasteiger partial charge in [-0.3, -0.25) is 0 Å². The van der Waals surface area contributed by atoms with Crippen molar-refractivity contribution in [3.8, 4) is 0 Å². The summed E-state index contributed by atoms with van der Waals surface area (Å²) in [7, 11) is 2.29. The van der Waals surface area contributed by atoms with Crippen molar-refractivity contribution in [3.05, 3.63) is 5.21 Å². The highest BCUT2D eigenvalue weighted by Gasteiger charge is 2.08. The van der Waals surface area contributed by atoms with Gasteiger partial charge in [-0.25, -0.2) is 0 Å². The third kappa shape index (κ3) is 30.8. The summed E-state index contributed by atoms with van der Waals surface area (Å²) in [6.45, 7) is 7.44. The molecule has 0 amide bonds. The predicted octanol–water partition coefficient (Wildman–Crippen LogP) is 10.4. The Balaban J connectivity index is 3.37. The first-order valence-corrected chi connectivity index (χ1v) is 18.3. The maximum atomic E-state index is 12.1. The minimum Gasteiger partial charge on any atom is -0.854 e. The Morgan fingerprint density at radius 1 is 0.450 bits per heavy atom. The molecule has 0 fully saturated rings. The summed E-state index contributed by atoms with van der Waals surface area (Å²) in [5.41, 5.74) is 0. The summed E-state index contributed by atoms with van der Waals surface area (Å²) in [6, 6.07) is 0.651. The van der Waals surface area contributed by atoms with Crippen molar-refractivity contribution >= 4 is 0 Å². The Hall–Kier alpha value is -0.160. The van der Waals surface area contributed by atoms with E-state index >= 15 is 0 Å². The monoisotopic (exact) mass is 567 g/mol. The van der Waals surface area contributed by atoms with E-state index in [4.69, 9.17) is 0 Å². The number of hydrogen-bond donors (Lipinski definition) is 0. The number of nitrogens with zero attached hydrogens (tertiary/aromatic N) is 2. The molecule has 0 aromatic heterocycles. The molecule has 4 nitrogen and oxygen atoms in total. The molecule has 0 aliphatic rings. The van der Waals surface area contributed by atoms with Crippen LogP contribution in [-0.2, 0) is 0 Å². The molecule has 0 aromatic carbocycles. The predicted molar refractivity (Wildman–Crippen MR) is 177 cm³/mol. The van der Waals surface area contributed by atoms with E-state index in [1.807, 2.05) is 0 Å². The van der Waals surface area contributed by atoms with Crippen LogP contribution >= 0.6 is 0 Å². The second-order valence-corrected chi connectivity index (χ2v) is 12.9. The topological polar surface area (TPSA) is 52.6 Å². The molecule has 0 N–H and O–H groups in total. The molecule has 0 radical (unpaired) electrons. The Kier molecular flexibility index (Phi) is 33.2.